The fraction of sp³-hybridized carbons (Fsp3) is 0.800. The molecule has 0 aromatic heterocycles. The molecule has 0 aliphatic heterocycles. The van der Waals surface area contributed by atoms with Gasteiger partial charge in [-0.05, 0) is 12.3 Å². The van der Waals surface area contributed by atoms with E-state index >= 15 is 0 Å². The highest BCUT2D eigenvalue weighted by atomic mass is 16.5. The van der Waals surface area contributed by atoms with Crippen LogP contribution in [0.5, 0.6) is 0 Å². The van der Waals surface area contributed by atoms with Crippen LogP contribution < -0.4 is 5.32 Å². The first-order chi connectivity index (χ1) is 7.02. The van der Waals surface area contributed by atoms with Gasteiger partial charge in [0.05, 0.1) is 6.61 Å². The molecule has 0 fully saturated rings. The second kappa shape index (κ2) is 8.23. The zero-order valence-electron chi connectivity index (χ0n) is 9.28. The molecule has 0 aromatic rings. The average Bonchev–Trinajstić information content (AvgIpc) is 2.13. The van der Waals surface area contributed by atoms with Gasteiger partial charge in [0.25, 0.3) is 0 Å². The normalized spacial score (nSPS) is 10.3. The van der Waals surface area contributed by atoms with Crippen molar-refractivity contribution in [2.45, 2.75) is 26.7 Å². The molecule has 0 aliphatic carbocycles. The quantitative estimate of drug-likeness (QED) is 0.585. The van der Waals surface area contributed by atoms with E-state index in [1.807, 2.05) is 0 Å². The number of amides is 1. The van der Waals surface area contributed by atoms with Crippen LogP contribution >= 0.6 is 0 Å². The van der Waals surface area contributed by atoms with Crippen molar-refractivity contribution in [1.29, 1.82) is 0 Å². The molecule has 0 atom stereocenters. The summed E-state index contributed by atoms with van der Waals surface area (Å²) in [6.07, 6.45) is 1.37. The summed E-state index contributed by atoms with van der Waals surface area (Å²) in [7, 11) is 0. The number of ether oxygens (including phenoxy) is 1. The van der Waals surface area contributed by atoms with Gasteiger partial charge in [-0.3, -0.25) is 4.79 Å². The first-order valence-electron chi connectivity index (χ1n) is 5.08. The van der Waals surface area contributed by atoms with E-state index in [0.717, 1.165) is 6.42 Å². The lowest BCUT2D eigenvalue weighted by molar-refractivity contribution is -0.142. The van der Waals surface area contributed by atoms with Gasteiger partial charge < -0.3 is 15.2 Å². The minimum absolute atomic E-state index is 0.0115. The van der Waals surface area contributed by atoms with Gasteiger partial charge in [-0.1, -0.05) is 13.8 Å². The summed E-state index contributed by atoms with van der Waals surface area (Å²) in [5.74, 6) is -0.497. The van der Waals surface area contributed by atoms with Gasteiger partial charge in [0, 0.05) is 13.0 Å². The predicted molar refractivity (Wildman–Crippen MR) is 55.5 cm³/mol. The van der Waals surface area contributed by atoms with E-state index in [4.69, 9.17) is 9.84 Å². The monoisotopic (exact) mass is 217 g/mol. The number of carboxylic acids is 1. The maximum Gasteiger partial charge on any atom is 0.329 e. The summed E-state index contributed by atoms with van der Waals surface area (Å²) >= 11 is 0. The maximum atomic E-state index is 11.2. The summed E-state index contributed by atoms with van der Waals surface area (Å²) in [6.45, 7) is 4.40. The minimum Gasteiger partial charge on any atom is -0.480 e. The Morgan fingerprint density at radius 3 is 2.60 bits per heavy atom. The number of hydrogen-bond acceptors (Lipinski definition) is 3. The second-order valence-corrected chi connectivity index (χ2v) is 3.73. The molecule has 0 bridgehead atoms. The molecule has 1 amide bonds. The Balaban J connectivity index is 3.28. The molecule has 5 nitrogen and oxygen atoms in total. The second-order valence-electron chi connectivity index (χ2n) is 3.73. The Kier molecular flexibility index (Phi) is 7.62. The van der Waals surface area contributed by atoms with Crippen LogP contribution in [0.4, 0.5) is 0 Å². The van der Waals surface area contributed by atoms with E-state index in [-0.39, 0.29) is 19.1 Å². The van der Waals surface area contributed by atoms with Crippen LogP contribution in [0.2, 0.25) is 0 Å². The lowest BCUT2D eigenvalue weighted by Gasteiger charge is -2.06. The third-order valence-corrected chi connectivity index (χ3v) is 1.74. The van der Waals surface area contributed by atoms with Crippen LogP contribution in [0.15, 0.2) is 0 Å². The third kappa shape index (κ3) is 10.8. The standard InChI is InChI=1S/C10H19NO4/c1-8(2)3-4-9(12)11-5-6-15-7-10(13)14/h8H,3-7H2,1-2H3,(H,11,12)(H,13,14). The molecule has 0 aliphatic rings. The highest BCUT2D eigenvalue weighted by Gasteiger charge is 2.02. The lowest BCUT2D eigenvalue weighted by atomic mass is 10.1. The largest absolute Gasteiger partial charge is 0.480 e. The van der Waals surface area contributed by atoms with Gasteiger partial charge in [-0.15, -0.1) is 0 Å². The topological polar surface area (TPSA) is 75.6 Å². The van der Waals surface area contributed by atoms with E-state index in [2.05, 4.69) is 19.2 Å². The molecular formula is C10H19NO4. The molecular weight excluding hydrogens is 198 g/mol. The number of carbonyl (C=O) groups is 2. The molecule has 0 saturated heterocycles. The zero-order chi connectivity index (χ0) is 11.7. The average molecular weight is 217 g/mol. The molecule has 0 radical (unpaired) electrons. The third-order valence-electron chi connectivity index (χ3n) is 1.74. The van der Waals surface area contributed by atoms with Gasteiger partial charge in [0.1, 0.15) is 6.61 Å². The van der Waals surface area contributed by atoms with Crippen LogP contribution in [0.1, 0.15) is 26.7 Å². The highest BCUT2D eigenvalue weighted by molar-refractivity contribution is 5.75. The molecule has 0 saturated carbocycles. The number of aliphatic carboxylic acids is 1. The molecule has 88 valence electrons. The number of carboxylic acid groups (broad SMARTS) is 1. The summed E-state index contributed by atoms with van der Waals surface area (Å²) in [5.41, 5.74) is 0. The van der Waals surface area contributed by atoms with Crippen LogP contribution in [-0.2, 0) is 14.3 Å². The summed E-state index contributed by atoms with van der Waals surface area (Å²) < 4.78 is 4.76. The lowest BCUT2D eigenvalue weighted by Crippen LogP contribution is -2.27. The van der Waals surface area contributed by atoms with Crippen LogP contribution in [-0.4, -0.2) is 36.7 Å². The molecule has 0 spiro atoms. The van der Waals surface area contributed by atoms with E-state index in [1.165, 1.54) is 0 Å². The van der Waals surface area contributed by atoms with Gasteiger partial charge in [0.15, 0.2) is 0 Å². The van der Waals surface area contributed by atoms with Gasteiger partial charge in [-0.2, -0.15) is 0 Å². The van der Waals surface area contributed by atoms with E-state index in [9.17, 15) is 9.59 Å². The zero-order valence-corrected chi connectivity index (χ0v) is 9.28. The van der Waals surface area contributed by atoms with Crippen molar-refractivity contribution in [2.24, 2.45) is 5.92 Å². The van der Waals surface area contributed by atoms with Gasteiger partial charge in [0.2, 0.25) is 5.91 Å². The molecule has 0 aromatic carbocycles. The van der Waals surface area contributed by atoms with Crippen LogP contribution in [0, 0.1) is 5.92 Å². The maximum absolute atomic E-state index is 11.2. The fourth-order valence-electron chi connectivity index (χ4n) is 0.930. The number of nitrogens with one attached hydrogen (secondary N) is 1. The first kappa shape index (κ1) is 13.9. The smallest absolute Gasteiger partial charge is 0.329 e. The number of carbonyl (C=O) groups excluding carboxylic acids is 1. The van der Waals surface area contributed by atoms with Crippen molar-refractivity contribution in [1.82, 2.24) is 5.32 Å². The fourth-order valence-corrected chi connectivity index (χ4v) is 0.930. The summed E-state index contributed by atoms with van der Waals surface area (Å²) in [5, 5.41) is 10.9. The Morgan fingerprint density at radius 2 is 2.07 bits per heavy atom. The Morgan fingerprint density at radius 1 is 1.40 bits per heavy atom. The van der Waals surface area contributed by atoms with Crippen LogP contribution in [0.3, 0.4) is 0 Å². The molecule has 0 unspecified atom stereocenters. The molecule has 0 heterocycles. The van der Waals surface area contributed by atoms with Gasteiger partial charge in [-0.25, -0.2) is 4.79 Å². The SMILES string of the molecule is CC(C)CCC(=O)NCCOCC(=O)O. The Bertz CT molecular complexity index is 204. The van der Waals surface area contributed by atoms with Crippen LogP contribution in [0.25, 0.3) is 0 Å². The van der Waals surface area contributed by atoms with Crippen molar-refractivity contribution in [3.05, 3.63) is 0 Å². The molecule has 15 heavy (non-hydrogen) atoms. The number of hydrogen-bond donors (Lipinski definition) is 2. The minimum atomic E-state index is -0.999. The first-order valence-corrected chi connectivity index (χ1v) is 5.08. The molecule has 2 N–H and O–H groups in total. The van der Waals surface area contributed by atoms with Gasteiger partial charge >= 0.3 is 5.97 Å². The molecule has 5 heteroatoms. The van der Waals surface area contributed by atoms with Crippen molar-refractivity contribution in [2.75, 3.05) is 19.8 Å². The van der Waals surface area contributed by atoms with Crippen molar-refractivity contribution in [3.8, 4) is 0 Å². The predicted octanol–water partition coefficient (Wildman–Crippen LogP) is 0.640. The molecule has 0 rings (SSSR count). The summed E-state index contributed by atoms with van der Waals surface area (Å²) in [6, 6.07) is 0. The van der Waals surface area contributed by atoms with E-state index < -0.39 is 5.97 Å². The number of rotatable bonds is 8. The Labute approximate surface area is 89.8 Å². The van der Waals surface area contributed by atoms with Crippen molar-refractivity contribution in [3.63, 3.8) is 0 Å². The highest BCUT2D eigenvalue weighted by Crippen LogP contribution is 2.02. The van der Waals surface area contributed by atoms with E-state index in [1.54, 1.807) is 0 Å². The van der Waals surface area contributed by atoms with E-state index in [0.29, 0.717) is 18.9 Å². The van der Waals surface area contributed by atoms with Crippen molar-refractivity contribution < 1.29 is 19.4 Å². The summed E-state index contributed by atoms with van der Waals surface area (Å²) in [4.78, 5) is 21.2. The Hall–Kier alpha value is -1.10. The van der Waals surface area contributed by atoms with Crippen molar-refractivity contribution >= 4 is 11.9 Å².